The Hall–Kier alpha value is -0.330. The first-order valence-corrected chi connectivity index (χ1v) is 8.45. The zero-order valence-electron chi connectivity index (χ0n) is 12.7. The molecule has 1 fully saturated rings. The lowest BCUT2D eigenvalue weighted by Crippen LogP contribution is -2.40. The minimum Gasteiger partial charge on any atom is -0.339 e. The summed E-state index contributed by atoms with van der Waals surface area (Å²) in [7, 11) is 0. The Labute approximate surface area is 147 Å². The molecule has 0 unspecified atom stereocenters. The van der Waals surface area contributed by atoms with E-state index in [0.29, 0.717) is 0 Å². The smallest absolute Gasteiger partial charge is 0.253 e. The first-order chi connectivity index (χ1) is 9.61. The zero-order chi connectivity index (χ0) is 14.5. The fraction of sp³-hybridized carbons (Fsp3) is 0.562. The highest BCUT2D eigenvalue weighted by Gasteiger charge is 2.23. The monoisotopic (exact) mass is 422 g/mol. The summed E-state index contributed by atoms with van der Waals surface area (Å²) in [5.74, 6) is 0.905. The highest BCUT2D eigenvalue weighted by molar-refractivity contribution is 14.1. The van der Waals surface area contributed by atoms with Crippen molar-refractivity contribution in [2.45, 2.75) is 26.7 Å². The molecule has 21 heavy (non-hydrogen) atoms. The molecule has 0 spiro atoms. The Balaban J connectivity index is 0.00000220. The molecule has 0 aromatic heterocycles. The van der Waals surface area contributed by atoms with Crippen molar-refractivity contribution in [1.29, 1.82) is 0 Å². The van der Waals surface area contributed by atoms with Crippen molar-refractivity contribution in [2.24, 2.45) is 5.92 Å². The van der Waals surface area contributed by atoms with Gasteiger partial charge in [0.1, 0.15) is 0 Å². The summed E-state index contributed by atoms with van der Waals surface area (Å²) < 4.78 is 1.16. The van der Waals surface area contributed by atoms with Crippen molar-refractivity contribution in [3.63, 3.8) is 0 Å². The maximum Gasteiger partial charge on any atom is 0.253 e. The molecule has 0 aliphatic carbocycles. The Kier molecular flexibility index (Phi) is 7.98. The molecule has 5 heteroatoms. The van der Waals surface area contributed by atoms with Crippen LogP contribution < -0.4 is 5.32 Å². The van der Waals surface area contributed by atoms with Gasteiger partial charge in [0.25, 0.3) is 5.91 Å². The molecule has 0 saturated carbocycles. The number of rotatable bonds is 4. The van der Waals surface area contributed by atoms with Gasteiger partial charge in [0.2, 0.25) is 0 Å². The molecule has 118 valence electrons. The van der Waals surface area contributed by atoms with Crippen LogP contribution in [0.4, 0.5) is 0 Å². The second-order valence-corrected chi connectivity index (χ2v) is 6.67. The summed E-state index contributed by atoms with van der Waals surface area (Å²) in [4.78, 5) is 14.5. The number of aryl methyl sites for hydroxylation is 1. The molecule has 1 aromatic carbocycles. The lowest BCUT2D eigenvalue weighted by molar-refractivity contribution is 0.0690. The van der Waals surface area contributed by atoms with Crippen LogP contribution in [0.2, 0.25) is 0 Å². The maximum absolute atomic E-state index is 12.5. The number of halogens is 2. The summed E-state index contributed by atoms with van der Waals surface area (Å²) in [6, 6.07) is 5.99. The van der Waals surface area contributed by atoms with Gasteiger partial charge < -0.3 is 10.2 Å². The van der Waals surface area contributed by atoms with Gasteiger partial charge in [-0.1, -0.05) is 13.0 Å². The number of benzene rings is 1. The van der Waals surface area contributed by atoms with Gasteiger partial charge in [0.05, 0.1) is 0 Å². The van der Waals surface area contributed by atoms with Crippen LogP contribution in [0.1, 0.15) is 35.7 Å². The summed E-state index contributed by atoms with van der Waals surface area (Å²) in [5.41, 5.74) is 2.05. The Morgan fingerprint density at radius 2 is 2.05 bits per heavy atom. The van der Waals surface area contributed by atoms with Gasteiger partial charge in [-0.25, -0.2) is 0 Å². The molecule has 1 aliphatic rings. The van der Waals surface area contributed by atoms with Gasteiger partial charge in [-0.2, -0.15) is 0 Å². The van der Waals surface area contributed by atoms with E-state index in [1.807, 2.05) is 23.1 Å². The molecule has 3 nitrogen and oxygen atoms in total. The molecule has 1 aromatic rings. The van der Waals surface area contributed by atoms with Crippen LogP contribution in [0.25, 0.3) is 0 Å². The first kappa shape index (κ1) is 18.7. The third-order valence-electron chi connectivity index (χ3n) is 4.00. The summed E-state index contributed by atoms with van der Waals surface area (Å²) in [6.07, 6.45) is 2.23. The van der Waals surface area contributed by atoms with Crippen molar-refractivity contribution in [3.8, 4) is 0 Å². The molecule has 1 aliphatic heterocycles. The number of hydrogen-bond acceptors (Lipinski definition) is 2. The van der Waals surface area contributed by atoms with E-state index in [2.05, 4.69) is 41.8 Å². The van der Waals surface area contributed by atoms with E-state index in [4.69, 9.17) is 0 Å². The second-order valence-electron chi connectivity index (χ2n) is 5.51. The quantitative estimate of drug-likeness (QED) is 0.754. The van der Waals surface area contributed by atoms with E-state index in [0.717, 1.165) is 54.1 Å². The third-order valence-corrected chi connectivity index (χ3v) is 5.17. The average Bonchev–Trinajstić information content (AvgIpc) is 2.48. The van der Waals surface area contributed by atoms with Crippen LogP contribution in [0.5, 0.6) is 0 Å². The number of carbonyl (C=O) groups is 1. The lowest BCUT2D eigenvalue weighted by atomic mass is 9.96. The summed E-state index contributed by atoms with van der Waals surface area (Å²) >= 11 is 2.29. The van der Waals surface area contributed by atoms with E-state index < -0.39 is 0 Å². The van der Waals surface area contributed by atoms with Crippen LogP contribution in [0, 0.1) is 16.4 Å². The molecule has 0 radical (unpaired) electrons. The number of likely N-dealkylation sites (tertiary alicyclic amines) is 1. The Bertz CT molecular complexity index is 473. The van der Waals surface area contributed by atoms with Crippen LogP contribution in [0.15, 0.2) is 18.2 Å². The summed E-state index contributed by atoms with van der Waals surface area (Å²) in [5, 5.41) is 3.40. The molecule has 0 atom stereocenters. The van der Waals surface area contributed by atoms with Crippen molar-refractivity contribution in [1.82, 2.24) is 10.2 Å². The van der Waals surface area contributed by atoms with Gasteiger partial charge in [0, 0.05) is 22.2 Å². The van der Waals surface area contributed by atoms with Gasteiger partial charge >= 0.3 is 0 Å². The van der Waals surface area contributed by atoms with E-state index >= 15 is 0 Å². The largest absolute Gasteiger partial charge is 0.339 e. The average molecular weight is 423 g/mol. The fourth-order valence-electron chi connectivity index (χ4n) is 2.60. The van der Waals surface area contributed by atoms with Crippen molar-refractivity contribution in [3.05, 3.63) is 32.9 Å². The van der Waals surface area contributed by atoms with Crippen molar-refractivity contribution >= 4 is 40.9 Å². The summed E-state index contributed by atoms with van der Waals surface area (Å²) in [6.45, 7) is 8.10. The number of piperidine rings is 1. The molecule has 1 amide bonds. The van der Waals surface area contributed by atoms with Crippen LogP contribution in [-0.2, 0) is 0 Å². The fourth-order valence-corrected chi connectivity index (χ4v) is 3.11. The Morgan fingerprint density at radius 1 is 1.38 bits per heavy atom. The highest BCUT2D eigenvalue weighted by atomic mass is 127. The van der Waals surface area contributed by atoms with Crippen LogP contribution in [0.3, 0.4) is 0 Å². The van der Waals surface area contributed by atoms with Gasteiger partial charge in [-0.15, -0.1) is 12.4 Å². The zero-order valence-corrected chi connectivity index (χ0v) is 15.7. The highest BCUT2D eigenvalue weighted by Crippen LogP contribution is 2.20. The minimum atomic E-state index is 0. The molecular formula is C16H24ClIN2O. The molecule has 1 N–H and O–H groups in total. The van der Waals surface area contributed by atoms with Crippen molar-refractivity contribution in [2.75, 3.05) is 26.2 Å². The van der Waals surface area contributed by atoms with E-state index in [1.165, 1.54) is 5.56 Å². The predicted molar refractivity (Wildman–Crippen MR) is 98.3 cm³/mol. The Morgan fingerprint density at radius 3 is 2.62 bits per heavy atom. The van der Waals surface area contributed by atoms with Gasteiger partial charge in [0.15, 0.2) is 0 Å². The molecular weight excluding hydrogens is 399 g/mol. The number of amides is 1. The third kappa shape index (κ3) is 5.11. The predicted octanol–water partition coefficient (Wildman–Crippen LogP) is 3.48. The van der Waals surface area contributed by atoms with Crippen LogP contribution >= 0.6 is 35.0 Å². The van der Waals surface area contributed by atoms with Crippen molar-refractivity contribution < 1.29 is 4.79 Å². The first-order valence-electron chi connectivity index (χ1n) is 7.38. The van der Waals surface area contributed by atoms with E-state index in [9.17, 15) is 4.79 Å². The topological polar surface area (TPSA) is 32.3 Å². The minimum absolute atomic E-state index is 0. The van der Waals surface area contributed by atoms with Crippen LogP contribution in [-0.4, -0.2) is 37.0 Å². The number of hydrogen-bond donors (Lipinski definition) is 1. The lowest BCUT2D eigenvalue weighted by Gasteiger charge is -2.32. The maximum atomic E-state index is 12.5. The SMILES string of the molecule is CCNCC1CCN(C(=O)c2ccc(C)c(I)c2)CC1.Cl. The van der Waals surface area contributed by atoms with E-state index in [1.54, 1.807) is 0 Å². The molecule has 1 heterocycles. The number of nitrogens with zero attached hydrogens (tertiary/aromatic N) is 1. The standard InChI is InChI=1S/C16H23IN2O.ClH/c1-3-18-11-13-6-8-19(9-7-13)16(20)14-5-4-12(2)15(17)10-14;/h4-5,10,13,18H,3,6-9,11H2,1-2H3;1H. The van der Waals surface area contributed by atoms with Gasteiger partial charge in [-0.3, -0.25) is 4.79 Å². The second kappa shape index (κ2) is 8.96. The van der Waals surface area contributed by atoms with E-state index in [-0.39, 0.29) is 18.3 Å². The number of nitrogens with one attached hydrogen (secondary N) is 1. The normalized spacial score (nSPS) is 15.7. The molecule has 0 bridgehead atoms. The number of carbonyl (C=O) groups excluding carboxylic acids is 1. The molecule has 1 saturated heterocycles. The molecule has 2 rings (SSSR count). The van der Waals surface area contributed by atoms with Gasteiger partial charge in [-0.05, 0) is 79.1 Å².